The van der Waals surface area contributed by atoms with Gasteiger partial charge in [0.2, 0.25) is 0 Å². The topological polar surface area (TPSA) is 170 Å². The molecule has 13 heteroatoms. The Morgan fingerprint density at radius 2 is 0.800 bits per heavy atom. The van der Waals surface area contributed by atoms with Crippen molar-refractivity contribution in [3.05, 3.63) is 120 Å². The molecular weight excluding hydrogens is 518 g/mol. The van der Waals surface area contributed by atoms with E-state index < -0.39 is 14.8 Å². The Hall–Kier alpha value is -5.17. The number of nitrogens with zero attached hydrogens (tertiary/aromatic N) is 7. The lowest BCUT2D eigenvalue weighted by Gasteiger charge is -2.19. The van der Waals surface area contributed by atoms with Crippen molar-refractivity contribution < 1.29 is 14.8 Å². The standard InChI is InChI=1S/C27H27N7O6/c35-32(36)25-10-4-1-7-22(25)19-28-13-16-31(17-14-29-20-23-8-2-5-11-26(23)33(37)38)18-15-30-21-24-9-3-6-12-27(24)34(39)40/h1-12,19-21H,13-18H2. The van der Waals surface area contributed by atoms with Gasteiger partial charge in [-0.15, -0.1) is 0 Å². The molecule has 3 rings (SSSR count). The Balaban J connectivity index is 1.63. The fourth-order valence-corrected chi connectivity index (χ4v) is 3.71. The first-order valence-corrected chi connectivity index (χ1v) is 12.3. The first kappa shape index (κ1) is 29.4. The largest absolute Gasteiger partial charge is 0.298 e. The van der Waals surface area contributed by atoms with Gasteiger partial charge < -0.3 is 0 Å². The Morgan fingerprint density at radius 1 is 0.525 bits per heavy atom. The van der Waals surface area contributed by atoms with E-state index in [0.717, 1.165) is 0 Å². The quantitative estimate of drug-likeness (QED) is 0.155. The molecule has 13 nitrogen and oxygen atoms in total. The van der Waals surface area contributed by atoms with Gasteiger partial charge in [0.1, 0.15) is 0 Å². The maximum Gasteiger partial charge on any atom is 0.278 e. The van der Waals surface area contributed by atoms with E-state index in [9.17, 15) is 30.3 Å². The van der Waals surface area contributed by atoms with Crippen molar-refractivity contribution in [1.82, 2.24) is 4.90 Å². The Morgan fingerprint density at radius 3 is 1.07 bits per heavy atom. The minimum absolute atomic E-state index is 0.0307. The molecule has 0 aliphatic rings. The van der Waals surface area contributed by atoms with E-state index in [1.54, 1.807) is 54.6 Å². The summed E-state index contributed by atoms with van der Waals surface area (Å²) in [5, 5.41) is 33.6. The van der Waals surface area contributed by atoms with Gasteiger partial charge in [-0.1, -0.05) is 36.4 Å². The van der Waals surface area contributed by atoms with Gasteiger partial charge in [0, 0.05) is 56.5 Å². The van der Waals surface area contributed by atoms with E-state index in [0.29, 0.717) is 56.0 Å². The van der Waals surface area contributed by atoms with E-state index in [4.69, 9.17) is 0 Å². The maximum atomic E-state index is 11.2. The predicted octanol–water partition coefficient (Wildman–Crippen LogP) is 4.37. The van der Waals surface area contributed by atoms with Crippen LogP contribution in [0.5, 0.6) is 0 Å². The molecule has 0 amide bonds. The van der Waals surface area contributed by atoms with Crippen molar-refractivity contribution in [2.24, 2.45) is 15.0 Å². The van der Waals surface area contributed by atoms with Gasteiger partial charge in [-0.2, -0.15) is 0 Å². The van der Waals surface area contributed by atoms with Gasteiger partial charge in [-0.3, -0.25) is 50.2 Å². The lowest BCUT2D eigenvalue weighted by atomic mass is 10.2. The minimum atomic E-state index is -0.460. The first-order valence-electron chi connectivity index (χ1n) is 12.3. The second-order valence-corrected chi connectivity index (χ2v) is 8.40. The summed E-state index contributed by atoms with van der Waals surface area (Å²) >= 11 is 0. The average molecular weight is 546 g/mol. The third-order valence-corrected chi connectivity index (χ3v) is 5.73. The van der Waals surface area contributed by atoms with Gasteiger partial charge in [0.05, 0.1) is 51.1 Å². The lowest BCUT2D eigenvalue weighted by molar-refractivity contribution is -0.385. The number of nitro benzene ring substituents is 3. The fraction of sp³-hybridized carbons (Fsp3) is 0.222. The summed E-state index contributed by atoms with van der Waals surface area (Å²) in [5.41, 5.74) is 1.12. The highest BCUT2D eigenvalue weighted by atomic mass is 16.6. The third kappa shape index (κ3) is 8.99. The minimum Gasteiger partial charge on any atom is -0.298 e. The van der Waals surface area contributed by atoms with Gasteiger partial charge in [-0.05, 0) is 18.2 Å². The average Bonchev–Trinajstić information content (AvgIpc) is 2.95. The zero-order valence-electron chi connectivity index (χ0n) is 21.5. The zero-order chi connectivity index (χ0) is 28.7. The molecule has 0 spiro atoms. The number of aliphatic imine (C=N–C) groups is 3. The van der Waals surface area contributed by atoms with Crippen LogP contribution in [0.3, 0.4) is 0 Å². The smallest absolute Gasteiger partial charge is 0.278 e. The van der Waals surface area contributed by atoms with Crippen molar-refractivity contribution >= 4 is 35.7 Å². The molecule has 0 saturated carbocycles. The monoisotopic (exact) mass is 545 g/mol. The highest BCUT2D eigenvalue weighted by molar-refractivity contribution is 5.86. The van der Waals surface area contributed by atoms with Crippen molar-refractivity contribution in [3.63, 3.8) is 0 Å². The van der Waals surface area contributed by atoms with E-state index in [-0.39, 0.29) is 17.1 Å². The molecule has 0 aromatic heterocycles. The summed E-state index contributed by atoms with van der Waals surface area (Å²) < 4.78 is 0. The van der Waals surface area contributed by atoms with Crippen LogP contribution in [-0.2, 0) is 0 Å². The summed E-state index contributed by atoms with van der Waals surface area (Å²) in [6.45, 7) is 2.56. The summed E-state index contributed by atoms with van der Waals surface area (Å²) in [4.78, 5) is 47.3. The molecule has 40 heavy (non-hydrogen) atoms. The molecule has 0 atom stereocenters. The number of nitro groups is 3. The summed E-state index contributed by atoms with van der Waals surface area (Å²) in [5.74, 6) is 0. The maximum absolute atomic E-state index is 11.2. The molecule has 3 aromatic rings. The van der Waals surface area contributed by atoms with Crippen LogP contribution in [0.1, 0.15) is 16.7 Å². The molecule has 206 valence electrons. The Bertz CT molecular complexity index is 1250. The van der Waals surface area contributed by atoms with Gasteiger partial charge in [0.25, 0.3) is 17.1 Å². The normalized spacial score (nSPS) is 11.6. The molecule has 0 aliphatic heterocycles. The summed E-state index contributed by atoms with van der Waals surface area (Å²) in [6, 6.07) is 19.0. The molecule has 0 bridgehead atoms. The second kappa shape index (κ2) is 15.3. The predicted molar refractivity (Wildman–Crippen MR) is 153 cm³/mol. The van der Waals surface area contributed by atoms with E-state index in [1.165, 1.54) is 36.8 Å². The van der Waals surface area contributed by atoms with E-state index in [2.05, 4.69) is 15.0 Å². The molecule has 3 aromatic carbocycles. The van der Waals surface area contributed by atoms with Crippen LogP contribution in [0, 0.1) is 30.3 Å². The summed E-state index contributed by atoms with van der Waals surface area (Å²) in [6.07, 6.45) is 4.40. The van der Waals surface area contributed by atoms with Crippen LogP contribution in [-0.4, -0.2) is 77.6 Å². The molecular formula is C27H27N7O6. The highest BCUT2D eigenvalue weighted by Gasteiger charge is 2.12. The molecule has 0 aliphatic carbocycles. The van der Waals surface area contributed by atoms with E-state index in [1.807, 2.05) is 4.90 Å². The Kier molecular flexibility index (Phi) is 11.2. The van der Waals surface area contributed by atoms with E-state index >= 15 is 0 Å². The van der Waals surface area contributed by atoms with Gasteiger partial charge in [0.15, 0.2) is 0 Å². The van der Waals surface area contributed by atoms with Crippen molar-refractivity contribution in [3.8, 4) is 0 Å². The Labute approximate surface area is 229 Å². The van der Waals surface area contributed by atoms with Gasteiger partial charge >= 0.3 is 0 Å². The van der Waals surface area contributed by atoms with Crippen molar-refractivity contribution in [1.29, 1.82) is 0 Å². The van der Waals surface area contributed by atoms with Crippen LogP contribution in [0.25, 0.3) is 0 Å². The molecule has 0 heterocycles. The molecule has 0 unspecified atom stereocenters. The summed E-state index contributed by atoms with van der Waals surface area (Å²) in [7, 11) is 0. The van der Waals surface area contributed by atoms with Gasteiger partial charge in [-0.25, -0.2) is 0 Å². The number of hydrogen-bond acceptors (Lipinski definition) is 10. The van der Waals surface area contributed by atoms with Crippen LogP contribution >= 0.6 is 0 Å². The highest BCUT2D eigenvalue weighted by Crippen LogP contribution is 2.17. The number of hydrogen-bond donors (Lipinski definition) is 0. The zero-order valence-corrected chi connectivity index (χ0v) is 21.5. The number of rotatable bonds is 15. The van der Waals surface area contributed by atoms with Crippen LogP contribution in [0.2, 0.25) is 0 Å². The lowest BCUT2D eigenvalue weighted by Crippen LogP contribution is -2.31. The first-order chi connectivity index (χ1) is 19.4. The van der Waals surface area contributed by atoms with Crippen LogP contribution < -0.4 is 0 Å². The van der Waals surface area contributed by atoms with Crippen molar-refractivity contribution in [2.75, 3.05) is 39.3 Å². The van der Waals surface area contributed by atoms with Crippen molar-refractivity contribution in [2.45, 2.75) is 0 Å². The molecule has 0 N–H and O–H groups in total. The SMILES string of the molecule is O=[N+]([O-])c1ccccc1C=NCCN(CCN=Cc1ccccc1[N+](=O)[O-])CCN=Cc1ccccc1[N+](=O)[O-]. The molecule has 0 radical (unpaired) electrons. The fourth-order valence-electron chi connectivity index (χ4n) is 3.71. The third-order valence-electron chi connectivity index (χ3n) is 5.73. The molecule has 0 saturated heterocycles. The number of benzene rings is 3. The number of para-hydroxylation sites is 3. The van der Waals surface area contributed by atoms with Crippen LogP contribution in [0.15, 0.2) is 87.8 Å². The van der Waals surface area contributed by atoms with Crippen LogP contribution in [0.4, 0.5) is 17.1 Å². The second-order valence-electron chi connectivity index (χ2n) is 8.40. The molecule has 0 fully saturated rings.